The van der Waals surface area contributed by atoms with Gasteiger partial charge in [-0.05, 0) is 36.4 Å². The SMILES string of the molecule is Cc1ccc(Sc2cc(NC(=O)c3ccn(Cn4nnc(-c5ccccc5)n4)n3)cc([N+](=O)[O-])c2)cc1. The molecule has 0 unspecified atom stereocenters. The molecule has 1 amide bonds. The fourth-order valence-corrected chi connectivity index (χ4v) is 4.36. The molecular weight excluding hydrogens is 492 g/mol. The fourth-order valence-electron chi connectivity index (χ4n) is 3.45. The number of tetrazole rings is 1. The number of aryl methyl sites for hydroxylation is 1. The van der Waals surface area contributed by atoms with Crippen molar-refractivity contribution < 1.29 is 9.72 Å². The van der Waals surface area contributed by atoms with E-state index in [1.54, 1.807) is 18.3 Å². The number of anilines is 1. The first-order valence-electron chi connectivity index (χ1n) is 11.1. The molecule has 0 atom stereocenters. The third kappa shape index (κ3) is 5.87. The molecule has 2 heterocycles. The number of aromatic nitrogens is 6. The van der Waals surface area contributed by atoms with Gasteiger partial charge in [0.25, 0.3) is 11.6 Å². The van der Waals surface area contributed by atoms with E-state index in [1.807, 2.05) is 61.5 Å². The number of nitro benzene ring substituents is 1. The van der Waals surface area contributed by atoms with Gasteiger partial charge in [0.05, 0.1) is 4.92 Å². The molecule has 11 nitrogen and oxygen atoms in total. The Morgan fingerprint density at radius 1 is 1.00 bits per heavy atom. The Balaban J connectivity index is 1.29. The molecule has 0 fully saturated rings. The molecule has 0 radical (unpaired) electrons. The third-order valence-electron chi connectivity index (χ3n) is 5.25. The highest BCUT2D eigenvalue weighted by Crippen LogP contribution is 2.33. The minimum absolute atomic E-state index is 0.121. The molecule has 0 bridgehead atoms. The third-order valence-corrected chi connectivity index (χ3v) is 6.23. The summed E-state index contributed by atoms with van der Waals surface area (Å²) in [6.07, 6.45) is 1.62. The summed E-state index contributed by atoms with van der Waals surface area (Å²) < 4.78 is 1.50. The predicted molar refractivity (Wildman–Crippen MR) is 137 cm³/mol. The van der Waals surface area contributed by atoms with Gasteiger partial charge < -0.3 is 5.32 Å². The maximum Gasteiger partial charge on any atom is 0.276 e. The van der Waals surface area contributed by atoms with Crippen molar-refractivity contribution in [1.82, 2.24) is 30.0 Å². The van der Waals surface area contributed by atoms with E-state index in [-0.39, 0.29) is 18.1 Å². The Kier molecular flexibility index (Phi) is 6.72. The summed E-state index contributed by atoms with van der Waals surface area (Å²) in [5.41, 5.74) is 2.28. The number of carbonyl (C=O) groups is 1. The van der Waals surface area contributed by atoms with E-state index in [1.165, 1.54) is 33.4 Å². The van der Waals surface area contributed by atoms with E-state index in [0.29, 0.717) is 16.4 Å². The van der Waals surface area contributed by atoms with Gasteiger partial charge in [-0.3, -0.25) is 14.9 Å². The zero-order valence-corrected chi connectivity index (χ0v) is 20.4. The van der Waals surface area contributed by atoms with Crippen LogP contribution >= 0.6 is 11.8 Å². The van der Waals surface area contributed by atoms with Gasteiger partial charge in [0, 0.05) is 39.4 Å². The Morgan fingerprint density at radius 2 is 1.78 bits per heavy atom. The highest BCUT2D eigenvalue weighted by molar-refractivity contribution is 7.99. The van der Waals surface area contributed by atoms with E-state index in [9.17, 15) is 14.9 Å². The molecular formula is C25H20N8O3S. The molecule has 0 aliphatic carbocycles. The van der Waals surface area contributed by atoms with Crippen molar-refractivity contribution in [3.8, 4) is 11.4 Å². The van der Waals surface area contributed by atoms with Crippen molar-refractivity contribution in [2.24, 2.45) is 0 Å². The number of nitrogens with zero attached hydrogens (tertiary/aromatic N) is 7. The van der Waals surface area contributed by atoms with E-state index < -0.39 is 10.8 Å². The topological polar surface area (TPSA) is 134 Å². The van der Waals surface area contributed by atoms with Crippen molar-refractivity contribution in [3.05, 3.63) is 106 Å². The number of hydrogen-bond donors (Lipinski definition) is 1. The summed E-state index contributed by atoms with van der Waals surface area (Å²) in [6, 6.07) is 23.3. The van der Waals surface area contributed by atoms with Crippen LogP contribution in [0.5, 0.6) is 0 Å². The number of amides is 1. The number of hydrogen-bond acceptors (Lipinski definition) is 8. The Bertz CT molecular complexity index is 1560. The smallest absolute Gasteiger partial charge is 0.276 e. The van der Waals surface area contributed by atoms with Gasteiger partial charge in [0.1, 0.15) is 0 Å². The summed E-state index contributed by atoms with van der Waals surface area (Å²) >= 11 is 1.37. The summed E-state index contributed by atoms with van der Waals surface area (Å²) in [7, 11) is 0. The molecule has 0 saturated carbocycles. The van der Waals surface area contributed by atoms with Crippen molar-refractivity contribution in [2.75, 3.05) is 5.32 Å². The molecule has 0 spiro atoms. The number of benzene rings is 3. The number of nitro groups is 1. The average molecular weight is 513 g/mol. The number of carbonyl (C=O) groups excluding carboxylic acids is 1. The monoisotopic (exact) mass is 512 g/mol. The Labute approximate surface area is 215 Å². The van der Waals surface area contributed by atoms with Crippen LogP contribution in [0.4, 0.5) is 11.4 Å². The molecule has 5 aromatic rings. The Morgan fingerprint density at radius 3 is 2.54 bits per heavy atom. The summed E-state index contributed by atoms with van der Waals surface area (Å²) in [4.78, 5) is 26.8. The molecule has 5 rings (SSSR count). The predicted octanol–water partition coefficient (Wildman–Crippen LogP) is 4.66. The number of rotatable bonds is 8. The lowest BCUT2D eigenvalue weighted by molar-refractivity contribution is -0.385. The molecule has 37 heavy (non-hydrogen) atoms. The van der Waals surface area contributed by atoms with Crippen LogP contribution in [0.15, 0.2) is 94.9 Å². The second-order valence-corrected chi connectivity index (χ2v) is 9.22. The van der Waals surface area contributed by atoms with Crippen LogP contribution in [0.25, 0.3) is 11.4 Å². The first-order chi connectivity index (χ1) is 17.9. The summed E-state index contributed by atoms with van der Waals surface area (Å²) in [5.74, 6) is -0.0160. The number of nitrogens with one attached hydrogen (secondary N) is 1. The van der Waals surface area contributed by atoms with Gasteiger partial charge in [-0.25, -0.2) is 4.68 Å². The summed E-state index contributed by atoms with van der Waals surface area (Å²) in [5, 5.41) is 30.9. The second kappa shape index (κ2) is 10.4. The van der Waals surface area contributed by atoms with E-state index >= 15 is 0 Å². The maximum atomic E-state index is 12.8. The van der Waals surface area contributed by atoms with Crippen molar-refractivity contribution in [3.63, 3.8) is 0 Å². The molecule has 1 N–H and O–H groups in total. The van der Waals surface area contributed by atoms with E-state index in [0.717, 1.165) is 16.0 Å². The molecule has 0 aliphatic rings. The average Bonchev–Trinajstić information content (AvgIpc) is 3.56. The molecule has 184 valence electrons. The minimum Gasteiger partial charge on any atom is -0.320 e. The van der Waals surface area contributed by atoms with Gasteiger partial charge in [-0.15, -0.1) is 15.0 Å². The van der Waals surface area contributed by atoms with Crippen molar-refractivity contribution in [1.29, 1.82) is 0 Å². The van der Waals surface area contributed by atoms with Crippen LogP contribution in [0.1, 0.15) is 16.1 Å². The van der Waals surface area contributed by atoms with Crippen LogP contribution in [-0.2, 0) is 6.67 Å². The van der Waals surface area contributed by atoms with E-state index in [4.69, 9.17) is 0 Å². The molecule has 0 saturated heterocycles. The van der Waals surface area contributed by atoms with Crippen molar-refractivity contribution in [2.45, 2.75) is 23.4 Å². The van der Waals surface area contributed by atoms with Crippen molar-refractivity contribution >= 4 is 29.0 Å². The minimum atomic E-state index is -0.498. The molecule has 3 aromatic carbocycles. The zero-order chi connectivity index (χ0) is 25.8. The van der Waals surface area contributed by atoms with Crippen LogP contribution < -0.4 is 5.32 Å². The molecule has 0 aliphatic heterocycles. The zero-order valence-electron chi connectivity index (χ0n) is 19.6. The largest absolute Gasteiger partial charge is 0.320 e. The summed E-state index contributed by atoms with van der Waals surface area (Å²) in [6.45, 7) is 2.14. The van der Waals surface area contributed by atoms with Crippen LogP contribution in [0.3, 0.4) is 0 Å². The van der Waals surface area contributed by atoms with Gasteiger partial charge in [-0.2, -0.15) is 5.10 Å². The Hall–Kier alpha value is -4.84. The normalized spacial score (nSPS) is 10.8. The van der Waals surface area contributed by atoms with Gasteiger partial charge in [-0.1, -0.05) is 59.8 Å². The number of non-ortho nitro benzene ring substituents is 1. The van der Waals surface area contributed by atoms with Gasteiger partial charge in [0.2, 0.25) is 5.82 Å². The van der Waals surface area contributed by atoms with Crippen LogP contribution in [0, 0.1) is 17.0 Å². The van der Waals surface area contributed by atoms with Crippen LogP contribution in [-0.4, -0.2) is 40.8 Å². The second-order valence-electron chi connectivity index (χ2n) is 8.08. The first kappa shape index (κ1) is 23.9. The highest BCUT2D eigenvalue weighted by Gasteiger charge is 2.16. The quantitative estimate of drug-likeness (QED) is 0.234. The lowest BCUT2D eigenvalue weighted by Crippen LogP contribution is -2.16. The maximum absolute atomic E-state index is 12.8. The molecule has 12 heteroatoms. The molecule has 2 aromatic heterocycles. The van der Waals surface area contributed by atoms with Gasteiger partial charge in [0.15, 0.2) is 12.4 Å². The first-order valence-corrected chi connectivity index (χ1v) is 12.0. The fraction of sp³-hybridized carbons (Fsp3) is 0.0800. The lowest BCUT2D eigenvalue weighted by Gasteiger charge is -2.07. The standard InChI is InChI=1S/C25H20N8O3S/c1-17-7-9-21(10-8-17)37-22-14-19(13-20(15-22)33(35)36)26-25(34)23-11-12-31(28-23)16-32-29-24(27-30-32)18-5-3-2-4-6-18/h2-15H,16H2,1H3,(H,26,34). The highest BCUT2D eigenvalue weighted by atomic mass is 32.2. The van der Waals surface area contributed by atoms with Crippen LogP contribution in [0.2, 0.25) is 0 Å². The lowest BCUT2D eigenvalue weighted by atomic mass is 10.2. The van der Waals surface area contributed by atoms with E-state index in [2.05, 4.69) is 25.8 Å². The van der Waals surface area contributed by atoms with Gasteiger partial charge >= 0.3 is 0 Å².